The van der Waals surface area contributed by atoms with Gasteiger partial charge in [-0.2, -0.15) is 0 Å². The second-order valence-electron chi connectivity index (χ2n) is 5.13. The molecule has 3 aromatic heterocycles. The number of pyridine rings is 1. The summed E-state index contributed by atoms with van der Waals surface area (Å²) >= 11 is 1.35. The molecule has 1 N–H and O–H groups in total. The first-order valence-corrected chi connectivity index (χ1v) is 7.60. The Morgan fingerprint density at radius 3 is 2.91 bits per heavy atom. The number of thiophene rings is 1. The summed E-state index contributed by atoms with van der Waals surface area (Å²) in [4.78, 5) is 24.3. The molecule has 3 aromatic rings. The van der Waals surface area contributed by atoms with Crippen LogP contribution in [0.15, 0.2) is 29.5 Å². The molecule has 6 nitrogen and oxygen atoms in total. The summed E-state index contributed by atoms with van der Waals surface area (Å²) in [6, 6.07) is 1.92. The van der Waals surface area contributed by atoms with Gasteiger partial charge in [-0.15, -0.1) is 11.3 Å². The van der Waals surface area contributed by atoms with Gasteiger partial charge < -0.3 is 10.0 Å². The Labute approximate surface area is 131 Å². The van der Waals surface area contributed by atoms with Crippen LogP contribution in [0.1, 0.15) is 6.92 Å². The summed E-state index contributed by atoms with van der Waals surface area (Å²) in [6.07, 6.45) is 4.82. The maximum atomic E-state index is 12.7. The normalized spacial score (nSPS) is 12.3. The van der Waals surface area contributed by atoms with Crippen molar-refractivity contribution in [2.75, 3.05) is 25.6 Å². The highest BCUT2D eigenvalue weighted by Gasteiger charge is 2.16. The number of hydrogen-bond acceptors (Lipinski definition) is 6. The molecule has 0 amide bonds. The highest BCUT2D eigenvalue weighted by molar-refractivity contribution is 7.25. The Morgan fingerprint density at radius 2 is 2.23 bits per heavy atom. The SMILES string of the molecule is C/C(=C\CO)n1cnc2c(sc3nccc(N(C)C)c32)c1=O. The van der Waals surface area contributed by atoms with Crippen molar-refractivity contribution in [1.29, 1.82) is 0 Å². The van der Waals surface area contributed by atoms with Gasteiger partial charge in [0, 0.05) is 26.0 Å². The molecule has 0 bridgehead atoms. The van der Waals surface area contributed by atoms with E-state index in [1.807, 2.05) is 25.1 Å². The summed E-state index contributed by atoms with van der Waals surface area (Å²) in [5.74, 6) is 0. The molecule has 3 rings (SSSR count). The van der Waals surface area contributed by atoms with Crippen LogP contribution in [-0.2, 0) is 0 Å². The van der Waals surface area contributed by atoms with E-state index in [1.54, 1.807) is 19.2 Å². The topological polar surface area (TPSA) is 71.2 Å². The lowest BCUT2D eigenvalue weighted by molar-refractivity contribution is 0.342. The van der Waals surface area contributed by atoms with Gasteiger partial charge in [-0.05, 0) is 19.1 Å². The van der Waals surface area contributed by atoms with E-state index in [1.165, 1.54) is 22.2 Å². The minimum absolute atomic E-state index is 0.116. The number of hydrogen-bond donors (Lipinski definition) is 1. The van der Waals surface area contributed by atoms with E-state index in [0.29, 0.717) is 15.9 Å². The monoisotopic (exact) mass is 316 g/mol. The van der Waals surface area contributed by atoms with Crippen LogP contribution in [0.2, 0.25) is 0 Å². The largest absolute Gasteiger partial charge is 0.392 e. The Bertz CT molecular complexity index is 940. The highest BCUT2D eigenvalue weighted by Crippen LogP contribution is 2.35. The van der Waals surface area contributed by atoms with Gasteiger partial charge in [-0.1, -0.05) is 0 Å². The summed E-state index contributed by atoms with van der Waals surface area (Å²) in [5.41, 5.74) is 2.18. The lowest BCUT2D eigenvalue weighted by Gasteiger charge is -2.13. The molecule has 0 fully saturated rings. The van der Waals surface area contributed by atoms with Crippen molar-refractivity contribution < 1.29 is 5.11 Å². The van der Waals surface area contributed by atoms with Crippen molar-refractivity contribution in [3.8, 4) is 0 Å². The first kappa shape index (κ1) is 14.7. The quantitative estimate of drug-likeness (QED) is 0.799. The number of aliphatic hydroxyl groups is 1. The predicted octanol–water partition coefficient (Wildman–Crippen LogP) is 1.93. The number of rotatable bonds is 3. The van der Waals surface area contributed by atoms with Gasteiger partial charge >= 0.3 is 0 Å². The fourth-order valence-electron chi connectivity index (χ4n) is 2.39. The number of aliphatic hydroxyl groups excluding tert-OH is 1. The Kier molecular flexibility index (Phi) is 3.67. The molecular weight excluding hydrogens is 300 g/mol. The van der Waals surface area contributed by atoms with Crippen LogP contribution in [0.4, 0.5) is 5.69 Å². The second-order valence-corrected chi connectivity index (χ2v) is 6.13. The van der Waals surface area contributed by atoms with E-state index in [-0.39, 0.29) is 12.2 Å². The maximum absolute atomic E-state index is 12.7. The summed E-state index contributed by atoms with van der Waals surface area (Å²) in [7, 11) is 3.90. The average molecular weight is 316 g/mol. The summed E-state index contributed by atoms with van der Waals surface area (Å²) < 4.78 is 2.02. The van der Waals surface area contributed by atoms with Crippen LogP contribution >= 0.6 is 11.3 Å². The molecule has 0 unspecified atom stereocenters. The van der Waals surface area contributed by atoms with Gasteiger partial charge in [0.25, 0.3) is 5.56 Å². The van der Waals surface area contributed by atoms with Gasteiger partial charge in [0.1, 0.15) is 15.9 Å². The zero-order valence-electron chi connectivity index (χ0n) is 12.6. The molecule has 0 aliphatic carbocycles. The Balaban J connectivity index is 2.39. The third-order valence-electron chi connectivity index (χ3n) is 3.51. The molecule has 7 heteroatoms. The van der Waals surface area contributed by atoms with E-state index in [0.717, 1.165) is 15.9 Å². The van der Waals surface area contributed by atoms with Gasteiger partial charge in [0.15, 0.2) is 0 Å². The van der Waals surface area contributed by atoms with E-state index in [9.17, 15) is 4.79 Å². The molecule has 22 heavy (non-hydrogen) atoms. The zero-order chi connectivity index (χ0) is 15.9. The van der Waals surface area contributed by atoms with Gasteiger partial charge in [-0.25, -0.2) is 9.97 Å². The molecule has 0 atom stereocenters. The van der Waals surface area contributed by atoms with Gasteiger partial charge in [0.05, 0.1) is 23.2 Å². The average Bonchev–Trinajstić information content (AvgIpc) is 2.87. The molecule has 3 heterocycles. The fourth-order valence-corrected chi connectivity index (χ4v) is 3.44. The fraction of sp³-hybridized carbons (Fsp3) is 0.267. The molecule has 0 aromatic carbocycles. The molecule has 0 spiro atoms. The first-order valence-electron chi connectivity index (χ1n) is 6.78. The number of fused-ring (bicyclic) bond motifs is 3. The van der Waals surface area contributed by atoms with Crippen LogP contribution in [-0.4, -0.2) is 40.3 Å². The van der Waals surface area contributed by atoms with E-state index in [2.05, 4.69) is 9.97 Å². The first-order chi connectivity index (χ1) is 10.5. The molecule has 0 aliphatic rings. The van der Waals surface area contributed by atoms with Crippen LogP contribution in [0.5, 0.6) is 0 Å². The maximum Gasteiger partial charge on any atom is 0.275 e. The lowest BCUT2D eigenvalue weighted by atomic mass is 10.2. The van der Waals surface area contributed by atoms with E-state index < -0.39 is 0 Å². The second kappa shape index (κ2) is 5.51. The predicted molar refractivity (Wildman–Crippen MR) is 90.5 cm³/mol. The minimum atomic E-state index is -0.139. The van der Waals surface area contributed by atoms with Crippen molar-refractivity contribution in [1.82, 2.24) is 14.5 Å². The molecule has 0 saturated heterocycles. The third-order valence-corrected chi connectivity index (χ3v) is 4.58. The van der Waals surface area contributed by atoms with Crippen molar-refractivity contribution in [2.45, 2.75) is 6.92 Å². The van der Waals surface area contributed by atoms with Crippen LogP contribution in [0, 0.1) is 0 Å². The van der Waals surface area contributed by atoms with Crippen LogP contribution < -0.4 is 10.5 Å². The van der Waals surface area contributed by atoms with Crippen molar-refractivity contribution in [3.63, 3.8) is 0 Å². The van der Waals surface area contributed by atoms with Crippen LogP contribution in [0.25, 0.3) is 26.1 Å². The van der Waals surface area contributed by atoms with E-state index >= 15 is 0 Å². The van der Waals surface area contributed by atoms with Crippen molar-refractivity contribution in [2.24, 2.45) is 0 Å². The van der Waals surface area contributed by atoms with Crippen molar-refractivity contribution >= 4 is 43.2 Å². The molecule has 0 radical (unpaired) electrons. The summed E-state index contributed by atoms with van der Waals surface area (Å²) in [5, 5.41) is 9.89. The molecule has 0 saturated carbocycles. The smallest absolute Gasteiger partial charge is 0.275 e. The lowest BCUT2D eigenvalue weighted by Crippen LogP contribution is -2.18. The third kappa shape index (κ3) is 2.18. The minimum Gasteiger partial charge on any atom is -0.392 e. The molecular formula is C15H16N4O2S. The summed E-state index contributed by atoms with van der Waals surface area (Å²) in [6.45, 7) is 1.65. The number of aromatic nitrogens is 3. The standard InChI is InChI=1S/C15H16N4O2S/c1-9(5-7-20)19-8-17-12-11-10(18(2)3)4-6-16-14(11)22-13(12)15(19)21/h4-6,8,20H,7H2,1-3H3/b9-5+. The van der Waals surface area contributed by atoms with Crippen molar-refractivity contribution in [3.05, 3.63) is 35.0 Å². The number of nitrogens with zero attached hydrogens (tertiary/aromatic N) is 4. The Morgan fingerprint density at radius 1 is 1.45 bits per heavy atom. The highest BCUT2D eigenvalue weighted by atomic mass is 32.1. The molecule has 114 valence electrons. The van der Waals surface area contributed by atoms with E-state index in [4.69, 9.17) is 5.11 Å². The van der Waals surface area contributed by atoms with Crippen LogP contribution in [0.3, 0.4) is 0 Å². The number of anilines is 1. The van der Waals surface area contributed by atoms with Gasteiger partial charge in [0.2, 0.25) is 0 Å². The zero-order valence-corrected chi connectivity index (χ0v) is 13.4. The number of allylic oxidation sites excluding steroid dienone is 1. The molecule has 0 aliphatic heterocycles. The van der Waals surface area contributed by atoms with Gasteiger partial charge in [-0.3, -0.25) is 9.36 Å². The Hall–Kier alpha value is -2.25.